The lowest BCUT2D eigenvalue weighted by molar-refractivity contribution is -0.129. The second-order valence-corrected chi connectivity index (χ2v) is 5.83. The van der Waals surface area contributed by atoms with Gasteiger partial charge in [0.05, 0.1) is 18.1 Å². The van der Waals surface area contributed by atoms with E-state index in [0.29, 0.717) is 11.8 Å². The predicted molar refractivity (Wildman–Crippen MR) is 88.0 cm³/mol. The minimum Gasteiger partial charge on any atom is -0.383 e. The van der Waals surface area contributed by atoms with E-state index in [1.54, 1.807) is 30.1 Å². The summed E-state index contributed by atoms with van der Waals surface area (Å²) >= 11 is 1.58. The van der Waals surface area contributed by atoms with Crippen LogP contribution in [0, 0.1) is 0 Å². The minimum absolute atomic E-state index is 0.185. The molecular formula is C15H19N3O3S. The van der Waals surface area contributed by atoms with E-state index in [0.717, 1.165) is 11.1 Å². The van der Waals surface area contributed by atoms with E-state index >= 15 is 0 Å². The first kappa shape index (κ1) is 16.5. The van der Waals surface area contributed by atoms with Crippen LogP contribution in [0.3, 0.4) is 0 Å². The van der Waals surface area contributed by atoms with Gasteiger partial charge in [0.15, 0.2) is 0 Å². The van der Waals surface area contributed by atoms with Gasteiger partial charge in [0.1, 0.15) is 6.10 Å². The van der Waals surface area contributed by atoms with Crippen LogP contribution in [0.25, 0.3) is 10.8 Å². The van der Waals surface area contributed by atoms with Crippen LogP contribution in [0.5, 0.6) is 0 Å². The molecule has 1 heterocycles. The van der Waals surface area contributed by atoms with Gasteiger partial charge in [0.2, 0.25) is 5.91 Å². The Morgan fingerprint density at radius 1 is 1.45 bits per heavy atom. The zero-order valence-corrected chi connectivity index (χ0v) is 13.2. The summed E-state index contributed by atoms with van der Waals surface area (Å²) in [6, 6.07) is 7.24. The van der Waals surface area contributed by atoms with Crippen LogP contribution in [-0.4, -0.2) is 45.5 Å². The van der Waals surface area contributed by atoms with Crippen molar-refractivity contribution in [2.75, 3.05) is 18.6 Å². The summed E-state index contributed by atoms with van der Waals surface area (Å²) in [5.41, 5.74) is -0.185. The van der Waals surface area contributed by atoms with Crippen molar-refractivity contribution in [3.8, 4) is 0 Å². The average Bonchev–Trinajstić information content (AvgIpc) is 2.54. The fourth-order valence-corrected chi connectivity index (χ4v) is 2.51. The third-order valence-corrected chi connectivity index (χ3v) is 3.93. The Bertz CT molecular complexity index is 702. The first-order chi connectivity index (χ1) is 10.6. The molecule has 1 aromatic heterocycles. The number of thioether (sulfide) groups is 1. The van der Waals surface area contributed by atoms with Crippen LogP contribution < -0.4 is 10.9 Å². The summed E-state index contributed by atoms with van der Waals surface area (Å²) in [4.78, 5) is 23.9. The van der Waals surface area contributed by atoms with Gasteiger partial charge in [0.25, 0.3) is 5.56 Å². The fraction of sp³-hybridized carbons (Fsp3) is 0.400. The van der Waals surface area contributed by atoms with Crippen molar-refractivity contribution < 1.29 is 9.90 Å². The molecule has 7 heteroatoms. The number of hydrogen-bond acceptors (Lipinski definition) is 5. The van der Waals surface area contributed by atoms with Crippen molar-refractivity contribution in [2.45, 2.75) is 19.1 Å². The Labute approximate surface area is 132 Å². The standard InChI is InChI=1S/C15H19N3O3S/c1-22-9-6-13(19)14(20)16-7-8-18-15(21)12-5-3-2-4-11(12)10-17-18/h2-5,10,13,19H,6-9H2,1H3,(H,16,20)/t13-/m1/s1. The number of aromatic nitrogens is 2. The van der Waals surface area contributed by atoms with Gasteiger partial charge < -0.3 is 10.4 Å². The molecular weight excluding hydrogens is 302 g/mol. The predicted octanol–water partition coefficient (Wildman–Crippen LogP) is 0.627. The number of carbonyl (C=O) groups excluding carboxylic acids is 1. The normalized spacial score (nSPS) is 12.3. The third-order valence-electron chi connectivity index (χ3n) is 3.28. The molecule has 118 valence electrons. The Balaban J connectivity index is 1.94. The topological polar surface area (TPSA) is 84.2 Å². The molecule has 0 spiro atoms. The van der Waals surface area contributed by atoms with Gasteiger partial charge in [-0.05, 0) is 24.5 Å². The van der Waals surface area contributed by atoms with Crippen LogP contribution in [0.2, 0.25) is 0 Å². The lowest BCUT2D eigenvalue weighted by atomic mass is 10.2. The molecule has 22 heavy (non-hydrogen) atoms. The van der Waals surface area contributed by atoms with Gasteiger partial charge in [-0.15, -0.1) is 0 Å². The number of aliphatic hydroxyl groups is 1. The number of nitrogens with zero attached hydrogens (tertiary/aromatic N) is 2. The van der Waals surface area contributed by atoms with E-state index in [1.807, 2.05) is 18.4 Å². The minimum atomic E-state index is -1.01. The quantitative estimate of drug-likeness (QED) is 0.781. The van der Waals surface area contributed by atoms with Gasteiger partial charge in [0, 0.05) is 11.9 Å². The molecule has 2 N–H and O–H groups in total. The zero-order chi connectivity index (χ0) is 15.9. The fourth-order valence-electron chi connectivity index (χ4n) is 2.05. The summed E-state index contributed by atoms with van der Waals surface area (Å²) in [5.74, 6) is 0.309. The highest BCUT2D eigenvalue weighted by Gasteiger charge is 2.13. The second-order valence-electron chi connectivity index (χ2n) is 4.85. The maximum absolute atomic E-state index is 12.2. The molecule has 0 aliphatic heterocycles. The molecule has 0 saturated heterocycles. The molecule has 1 amide bonds. The molecule has 0 unspecified atom stereocenters. The van der Waals surface area contributed by atoms with Crippen LogP contribution >= 0.6 is 11.8 Å². The second kappa shape index (κ2) is 7.95. The monoisotopic (exact) mass is 321 g/mol. The molecule has 1 atom stereocenters. The molecule has 0 fully saturated rings. The Morgan fingerprint density at radius 2 is 2.23 bits per heavy atom. The molecule has 0 saturated carbocycles. The molecule has 1 aromatic carbocycles. The number of amides is 1. The van der Waals surface area contributed by atoms with Crippen molar-refractivity contribution in [1.82, 2.24) is 15.1 Å². The SMILES string of the molecule is CSCC[C@@H](O)C(=O)NCCn1ncc2ccccc2c1=O. The smallest absolute Gasteiger partial charge is 0.274 e. The van der Waals surface area contributed by atoms with Crippen LogP contribution in [0.15, 0.2) is 35.3 Å². The highest BCUT2D eigenvalue weighted by Crippen LogP contribution is 2.06. The first-order valence-electron chi connectivity index (χ1n) is 7.03. The van der Waals surface area contributed by atoms with Crippen molar-refractivity contribution in [3.63, 3.8) is 0 Å². The van der Waals surface area contributed by atoms with E-state index in [1.165, 1.54) is 4.68 Å². The molecule has 0 bridgehead atoms. The largest absolute Gasteiger partial charge is 0.383 e. The molecule has 2 aromatic rings. The summed E-state index contributed by atoms with van der Waals surface area (Å²) in [7, 11) is 0. The highest BCUT2D eigenvalue weighted by molar-refractivity contribution is 7.98. The number of rotatable bonds is 7. The third kappa shape index (κ3) is 4.08. The average molecular weight is 321 g/mol. The number of aliphatic hydroxyl groups excluding tert-OH is 1. The van der Waals surface area contributed by atoms with Gasteiger partial charge in [-0.25, -0.2) is 4.68 Å². The summed E-state index contributed by atoms with van der Waals surface area (Å²) in [5, 5.41) is 17.7. The van der Waals surface area contributed by atoms with Crippen LogP contribution in [0.4, 0.5) is 0 Å². The molecule has 0 radical (unpaired) electrons. The lowest BCUT2D eigenvalue weighted by Crippen LogP contribution is -2.38. The van der Waals surface area contributed by atoms with Gasteiger partial charge in [-0.2, -0.15) is 16.9 Å². The van der Waals surface area contributed by atoms with Gasteiger partial charge >= 0.3 is 0 Å². The van der Waals surface area contributed by atoms with Crippen molar-refractivity contribution >= 4 is 28.4 Å². The number of fused-ring (bicyclic) bond motifs is 1. The molecule has 0 aliphatic rings. The number of hydrogen-bond donors (Lipinski definition) is 2. The first-order valence-corrected chi connectivity index (χ1v) is 8.42. The van der Waals surface area contributed by atoms with Gasteiger partial charge in [-0.3, -0.25) is 9.59 Å². The summed E-state index contributed by atoms with van der Waals surface area (Å²) < 4.78 is 1.32. The van der Waals surface area contributed by atoms with Crippen molar-refractivity contribution in [3.05, 3.63) is 40.8 Å². The van der Waals surface area contributed by atoms with E-state index in [-0.39, 0.29) is 18.6 Å². The molecule has 0 aliphatic carbocycles. The zero-order valence-electron chi connectivity index (χ0n) is 12.4. The maximum atomic E-state index is 12.2. The van der Waals surface area contributed by atoms with E-state index in [4.69, 9.17) is 0 Å². The Hall–Kier alpha value is -1.86. The number of carbonyl (C=O) groups is 1. The number of benzene rings is 1. The Kier molecular flexibility index (Phi) is 5.97. The van der Waals surface area contributed by atoms with Crippen molar-refractivity contribution in [1.29, 1.82) is 0 Å². The van der Waals surface area contributed by atoms with E-state index in [9.17, 15) is 14.7 Å². The van der Waals surface area contributed by atoms with Crippen LogP contribution in [0.1, 0.15) is 6.42 Å². The molecule has 2 rings (SSSR count). The van der Waals surface area contributed by atoms with Gasteiger partial charge in [-0.1, -0.05) is 18.2 Å². The highest BCUT2D eigenvalue weighted by atomic mass is 32.2. The maximum Gasteiger partial charge on any atom is 0.274 e. The van der Waals surface area contributed by atoms with E-state index in [2.05, 4.69) is 10.4 Å². The van der Waals surface area contributed by atoms with Crippen molar-refractivity contribution in [2.24, 2.45) is 0 Å². The van der Waals surface area contributed by atoms with E-state index < -0.39 is 12.0 Å². The number of nitrogens with one attached hydrogen (secondary N) is 1. The Morgan fingerprint density at radius 3 is 3.00 bits per heavy atom. The summed E-state index contributed by atoms with van der Waals surface area (Å²) in [6.45, 7) is 0.519. The lowest BCUT2D eigenvalue weighted by Gasteiger charge is -2.11. The van der Waals surface area contributed by atoms with Crippen LogP contribution in [-0.2, 0) is 11.3 Å². The molecule has 6 nitrogen and oxygen atoms in total. The summed E-state index contributed by atoms with van der Waals surface area (Å²) in [6.07, 6.45) is 2.96.